The van der Waals surface area contributed by atoms with Gasteiger partial charge < -0.3 is 9.64 Å². The number of aromatic nitrogens is 2. The van der Waals surface area contributed by atoms with Crippen LogP contribution in [0.5, 0.6) is 0 Å². The Hall–Kier alpha value is -1.83. The number of likely N-dealkylation sites (tertiary alicyclic amines) is 1. The van der Waals surface area contributed by atoms with Crippen LogP contribution in [0.1, 0.15) is 29.3 Å². The van der Waals surface area contributed by atoms with Gasteiger partial charge >= 0.3 is 0 Å². The van der Waals surface area contributed by atoms with Crippen molar-refractivity contribution in [3.8, 4) is 0 Å². The molecule has 2 aromatic rings. The smallest absolute Gasteiger partial charge is 0.256 e. The molecule has 2 saturated heterocycles. The highest BCUT2D eigenvalue weighted by Gasteiger charge is 2.57. The Morgan fingerprint density at radius 3 is 3.00 bits per heavy atom. The lowest BCUT2D eigenvalue weighted by molar-refractivity contribution is -0.172. The lowest BCUT2D eigenvalue weighted by Gasteiger charge is -2.42. The molecule has 0 N–H and O–H groups in total. The van der Waals surface area contributed by atoms with Gasteiger partial charge in [0, 0.05) is 56.1 Å². The molecule has 3 fully saturated rings. The highest BCUT2D eigenvalue weighted by molar-refractivity contribution is 7.09. The second-order valence-electron chi connectivity index (χ2n) is 7.87. The largest absolute Gasteiger partial charge is 0.361 e. The van der Waals surface area contributed by atoms with Crippen molar-refractivity contribution < 1.29 is 9.53 Å². The SMILES string of the molecule is O=C1N(CC2CC2)CCO[C@]12CN(Cc1nccs1)C[C@@H]2c1cccnc1. The van der Waals surface area contributed by atoms with E-state index in [4.69, 9.17) is 4.74 Å². The van der Waals surface area contributed by atoms with Crippen molar-refractivity contribution in [2.75, 3.05) is 32.8 Å². The molecule has 2 aliphatic heterocycles. The molecule has 0 radical (unpaired) electrons. The molecule has 3 aliphatic rings. The van der Waals surface area contributed by atoms with Crippen LogP contribution >= 0.6 is 11.3 Å². The fourth-order valence-corrected chi connectivity index (χ4v) is 5.09. The first-order chi connectivity index (χ1) is 13.2. The quantitative estimate of drug-likeness (QED) is 0.791. The summed E-state index contributed by atoms with van der Waals surface area (Å²) in [6.07, 6.45) is 8.00. The predicted molar refractivity (Wildman–Crippen MR) is 102 cm³/mol. The molecule has 4 heterocycles. The minimum absolute atomic E-state index is 0.000616. The molecule has 5 rings (SSSR count). The predicted octanol–water partition coefficient (Wildman–Crippen LogP) is 2.15. The lowest BCUT2D eigenvalue weighted by Crippen LogP contribution is -2.60. The molecule has 2 aromatic heterocycles. The molecule has 142 valence electrons. The average molecular weight is 385 g/mol. The van der Waals surface area contributed by atoms with Gasteiger partial charge in [-0.3, -0.25) is 14.7 Å². The minimum Gasteiger partial charge on any atom is -0.361 e. The van der Waals surface area contributed by atoms with E-state index in [-0.39, 0.29) is 11.8 Å². The Morgan fingerprint density at radius 2 is 2.26 bits per heavy atom. The van der Waals surface area contributed by atoms with Crippen molar-refractivity contribution in [1.82, 2.24) is 19.8 Å². The number of nitrogens with zero attached hydrogens (tertiary/aromatic N) is 4. The Morgan fingerprint density at radius 1 is 1.33 bits per heavy atom. The Bertz CT molecular complexity index is 796. The summed E-state index contributed by atoms with van der Waals surface area (Å²) in [6.45, 7) is 4.37. The summed E-state index contributed by atoms with van der Waals surface area (Å²) < 4.78 is 6.31. The van der Waals surface area contributed by atoms with Gasteiger partial charge in [-0.15, -0.1) is 11.3 Å². The molecule has 1 saturated carbocycles. The number of ether oxygens (including phenoxy) is 1. The summed E-state index contributed by atoms with van der Waals surface area (Å²) in [5.41, 5.74) is 0.286. The van der Waals surface area contributed by atoms with Crippen LogP contribution < -0.4 is 0 Å². The van der Waals surface area contributed by atoms with E-state index in [1.54, 1.807) is 17.5 Å². The number of pyridine rings is 1. The number of hydrogen-bond acceptors (Lipinski definition) is 6. The third-order valence-electron chi connectivity index (χ3n) is 5.94. The van der Waals surface area contributed by atoms with Crippen molar-refractivity contribution >= 4 is 17.2 Å². The van der Waals surface area contributed by atoms with Gasteiger partial charge in [-0.2, -0.15) is 0 Å². The number of carbonyl (C=O) groups excluding carboxylic acids is 1. The number of amides is 1. The first kappa shape index (κ1) is 17.3. The zero-order valence-electron chi connectivity index (χ0n) is 15.3. The van der Waals surface area contributed by atoms with Crippen LogP contribution in [0.2, 0.25) is 0 Å². The van der Waals surface area contributed by atoms with E-state index in [1.807, 2.05) is 23.8 Å². The third kappa shape index (κ3) is 3.28. The summed E-state index contributed by atoms with van der Waals surface area (Å²) in [6, 6.07) is 4.02. The first-order valence-electron chi connectivity index (χ1n) is 9.68. The van der Waals surface area contributed by atoms with E-state index in [1.165, 1.54) is 12.8 Å². The maximum absolute atomic E-state index is 13.6. The van der Waals surface area contributed by atoms with E-state index in [0.29, 0.717) is 25.6 Å². The maximum Gasteiger partial charge on any atom is 0.256 e. The Balaban J connectivity index is 1.45. The van der Waals surface area contributed by atoms with Crippen LogP contribution in [-0.4, -0.2) is 64.1 Å². The van der Waals surface area contributed by atoms with E-state index in [0.717, 1.165) is 30.2 Å². The maximum atomic E-state index is 13.6. The summed E-state index contributed by atoms with van der Waals surface area (Å²) in [5, 5.41) is 3.08. The van der Waals surface area contributed by atoms with Crippen molar-refractivity contribution in [2.45, 2.75) is 30.9 Å². The molecule has 7 heteroatoms. The highest BCUT2D eigenvalue weighted by Crippen LogP contribution is 2.43. The molecule has 0 aromatic carbocycles. The monoisotopic (exact) mass is 384 g/mol. The van der Waals surface area contributed by atoms with E-state index < -0.39 is 5.60 Å². The van der Waals surface area contributed by atoms with Crippen molar-refractivity contribution in [1.29, 1.82) is 0 Å². The van der Waals surface area contributed by atoms with Crippen molar-refractivity contribution in [2.24, 2.45) is 5.92 Å². The van der Waals surface area contributed by atoms with Gasteiger partial charge in [0.2, 0.25) is 0 Å². The van der Waals surface area contributed by atoms with Gasteiger partial charge in [-0.05, 0) is 30.4 Å². The lowest BCUT2D eigenvalue weighted by atomic mass is 9.83. The molecule has 1 spiro atoms. The number of hydrogen-bond donors (Lipinski definition) is 0. The van der Waals surface area contributed by atoms with Gasteiger partial charge in [0.1, 0.15) is 5.01 Å². The standard InChI is InChI=1S/C20H24N4O2S/c25-19-20(26-8-7-24(19)11-15-3-4-15)14-23(13-18-22-6-9-27-18)12-17(20)16-2-1-5-21-10-16/h1-2,5-6,9-10,15,17H,3-4,7-8,11-14H2/t17-,20+/m1/s1. The van der Waals surface area contributed by atoms with Gasteiger partial charge in [-0.1, -0.05) is 6.07 Å². The van der Waals surface area contributed by atoms with Crippen LogP contribution in [0, 0.1) is 5.92 Å². The number of carbonyl (C=O) groups is 1. The summed E-state index contributed by atoms with van der Waals surface area (Å²) in [4.78, 5) is 26.7. The minimum atomic E-state index is -0.798. The summed E-state index contributed by atoms with van der Waals surface area (Å²) in [5.74, 6) is 0.852. The van der Waals surface area contributed by atoms with Gasteiger partial charge in [0.15, 0.2) is 5.60 Å². The number of rotatable bonds is 5. The second-order valence-corrected chi connectivity index (χ2v) is 8.85. The Kier molecular flexibility index (Phi) is 4.46. The number of morpholine rings is 1. The fourth-order valence-electron chi connectivity index (χ4n) is 4.43. The molecule has 27 heavy (non-hydrogen) atoms. The zero-order valence-corrected chi connectivity index (χ0v) is 16.1. The number of thiazole rings is 1. The fraction of sp³-hybridized carbons (Fsp3) is 0.550. The molecule has 0 bridgehead atoms. The molecule has 1 amide bonds. The van der Waals surface area contributed by atoms with Crippen LogP contribution in [0.25, 0.3) is 0 Å². The normalized spacial score (nSPS) is 29.0. The van der Waals surface area contributed by atoms with E-state index >= 15 is 0 Å². The highest BCUT2D eigenvalue weighted by atomic mass is 32.1. The van der Waals surface area contributed by atoms with Gasteiger partial charge in [0.25, 0.3) is 5.91 Å². The van der Waals surface area contributed by atoms with Crippen LogP contribution in [-0.2, 0) is 16.1 Å². The van der Waals surface area contributed by atoms with Crippen LogP contribution in [0.4, 0.5) is 0 Å². The molecule has 2 atom stereocenters. The van der Waals surface area contributed by atoms with Crippen molar-refractivity contribution in [3.05, 3.63) is 46.7 Å². The molecule has 1 aliphatic carbocycles. The van der Waals surface area contributed by atoms with Crippen molar-refractivity contribution in [3.63, 3.8) is 0 Å². The molecular weight excluding hydrogens is 360 g/mol. The average Bonchev–Trinajstić information content (AvgIpc) is 3.22. The van der Waals surface area contributed by atoms with Crippen LogP contribution in [0.3, 0.4) is 0 Å². The van der Waals surface area contributed by atoms with E-state index in [9.17, 15) is 4.79 Å². The summed E-state index contributed by atoms with van der Waals surface area (Å²) >= 11 is 1.66. The Labute approximate surface area is 163 Å². The van der Waals surface area contributed by atoms with Crippen LogP contribution in [0.15, 0.2) is 36.1 Å². The van der Waals surface area contributed by atoms with E-state index in [2.05, 4.69) is 25.8 Å². The third-order valence-corrected chi connectivity index (χ3v) is 6.70. The second kappa shape index (κ2) is 6.96. The molecule has 6 nitrogen and oxygen atoms in total. The summed E-state index contributed by atoms with van der Waals surface area (Å²) in [7, 11) is 0. The van der Waals surface area contributed by atoms with Gasteiger partial charge in [-0.25, -0.2) is 4.98 Å². The zero-order chi connectivity index (χ0) is 18.3. The molecule has 0 unspecified atom stereocenters. The molecular formula is C20H24N4O2S. The first-order valence-corrected chi connectivity index (χ1v) is 10.6. The van der Waals surface area contributed by atoms with Gasteiger partial charge in [0.05, 0.1) is 13.2 Å². The topological polar surface area (TPSA) is 58.6 Å².